The Bertz CT molecular complexity index is 455. The molecule has 0 radical (unpaired) electrons. The van der Waals surface area contributed by atoms with Gasteiger partial charge in [-0.25, -0.2) is 13.1 Å². The lowest BCUT2D eigenvalue weighted by Crippen LogP contribution is -2.41. The maximum atomic E-state index is 11.9. The topological polar surface area (TPSA) is 121 Å². The normalized spacial score (nSPS) is 15.7. The van der Waals surface area contributed by atoms with Crippen LogP contribution in [0.2, 0.25) is 0 Å². The van der Waals surface area contributed by atoms with Crippen molar-refractivity contribution in [3.8, 4) is 0 Å². The van der Waals surface area contributed by atoms with Crippen LogP contribution in [-0.2, 0) is 10.0 Å². The molecule has 98 valence electrons. The lowest BCUT2D eigenvalue weighted by Gasteiger charge is -2.20. The van der Waals surface area contributed by atoms with E-state index in [-0.39, 0.29) is 22.6 Å². The van der Waals surface area contributed by atoms with Gasteiger partial charge < -0.3 is 10.8 Å². The Morgan fingerprint density at radius 2 is 2.35 bits per heavy atom. The largest absolute Gasteiger partial charge is 0.395 e. The number of sulfonamides is 1. The summed E-state index contributed by atoms with van der Waals surface area (Å²) in [6.45, 7) is 1.58. The second kappa shape index (κ2) is 5.71. The third-order valence-electron chi connectivity index (χ3n) is 2.30. The zero-order valence-electron chi connectivity index (χ0n) is 9.54. The van der Waals surface area contributed by atoms with E-state index in [2.05, 4.69) is 14.9 Å². The molecule has 0 saturated heterocycles. The molecule has 0 fully saturated rings. The van der Waals surface area contributed by atoms with Gasteiger partial charge in [0, 0.05) is 11.3 Å². The van der Waals surface area contributed by atoms with Gasteiger partial charge in [-0.15, -0.1) is 0 Å². The molecule has 0 amide bonds. The summed E-state index contributed by atoms with van der Waals surface area (Å²) in [5, 5.41) is 14.8. The lowest BCUT2D eigenvalue weighted by atomic mass is 10.3. The van der Waals surface area contributed by atoms with Gasteiger partial charge in [-0.3, -0.25) is 5.10 Å². The second-order valence-corrected chi connectivity index (χ2v) is 6.27. The lowest BCUT2D eigenvalue weighted by molar-refractivity contribution is 0.282. The molecule has 0 aliphatic carbocycles. The highest BCUT2D eigenvalue weighted by molar-refractivity contribution is 7.99. The van der Waals surface area contributed by atoms with E-state index in [4.69, 9.17) is 10.8 Å². The summed E-state index contributed by atoms with van der Waals surface area (Å²) in [5.74, 6) is -0.00519. The van der Waals surface area contributed by atoms with Crippen LogP contribution in [0.1, 0.15) is 6.92 Å². The van der Waals surface area contributed by atoms with E-state index in [9.17, 15) is 8.42 Å². The monoisotopic (exact) mass is 280 g/mol. The van der Waals surface area contributed by atoms with E-state index in [1.54, 1.807) is 13.2 Å². The van der Waals surface area contributed by atoms with Crippen molar-refractivity contribution in [3.63, 3.8) is 0 Å². The number of aromatic amines is 1. The van der Waals surface area contributed by atoms with E-state index >= 15 is 0 Å². The van der Waals surface area contributed by atoms with E-state index in [0.29, 0.717) is 0 Å². The Morgan fingerprint density at radius 3 is 2.76 bits per heavy atom. The number of aliphatic hydroxyl groups is 1. The van der Waals surface area contributed by atoms with Crippen molar-refractivity contribution < 1.29 is 13.5 Å². The first-order valence-electron chi connectivity index (χ1n) is 4.87. The van der Waals surface area contributed by atoms with Crippen molar-refractivity contribution in [3.05, 3.63) is 6.20 Å². The number of thioether (sulfide) groups is 1. The SMILES string of the molecule is CSC(CO)C(C)NS(=O)(=O)c1cn[nH]c1N. The molecular weight excluding hydrogens is 264 g/mol. The fourth-order valence-electron chi connectivity index (χ4n) is 1.32. The number of hydrogen-bond donors (Lipinski definition) is 4. The van der Waals surface area contributed by atoms with Crippen molar-refractivity contribution >= 4 is 27.6 Å². The van der Waals surface area contributed by atoms with Crippen molar-refractivity contribution in [1.82, 2.24) is 14.9 Å². The maximum Gasteiger partial charge on any atom is 0.246 e. The molecule has 0 bridgehead atoms. The first-order chi connectivity index (χ1) is 7.92. The van der Waals surface area contributed by atoms with Gasteiger partial charge in [0.25, 0.3) is 0 Å². The Balaban J connectivity index is 2.84. The van der Waals surface area contributed by atoms with Crippen molar-refractivity contribution in [2.45, 2.75) is 23.1 Å². The summed E-state index contributed by atoms with van der Waals surface area (Å²) in [6, 6.07) is -0.408. The maximum absolute atomic E-state index is 11.9. The predicted octanol–water partition coefficient (Wildman–Crippen LogP) is -0.617. The van der Waals surface area contributed by atoms with Crippen molar-refractivity contribution in [2.24, 2.45) is 0 Å². The fourth-order valence-corrected chi connectivity index (χ4v) is 3.34. The Hall–Kier alpha value is -0.770. The van der Waals surface area contributed by atoms with E-state index < -0.39 is 16.1 Å². The molecule has 1 aromatic rings. The molecule has 0 saturated carbocycles. The number of nitrogen functional groups attached to an aromatic ring is 1. The van der Waals surface area contributed by atoms with Crippen LogP contribution in [0.25, 0.3) is 0 Å². The van der Waals surface area contributed by atoms with E-state index in [0.717, 1.165) is 6.20 Å². The van der Waals surface area contributed by atoms with Gasteiger partial charge in [-0.1, -0.05) is 0 Å². The molecule has 0 spiro atoms. The minimum atomic E-state index is -3.71. The van der Waals surface area contributed by atoms with Gasteiger partial charge >= 0.3 is 0 Å². The minimum Gasteiger partial charge on any atom is -0.395 e. The summed E-state index contributed by atoms with van der Waals surface area (Å²) in [5.41, 5.74) is 5.45. The van der Waals surface area contributed by atoms with Gasteiger partial charge in [0.1, 0.15) is 10.7 Å². The number of nitrogens with zero attached hydrogens (tertiary/aromatic N) is 1. The number of aromatic nitrogens is 2. The molecule has 1 rings (SSSR count). The molecule has 9 heteroatoms. The standard InChI is InChI=1S/C8H16N4O3S2/c1-5(6(4-13)16-2)12-17(14,15)7-3-10-11-8(7)9/h3,5-6,12-13H,4H2,1-2H3,(H3,9,10,11). The fraction of sp³-hybridized carbons (Fsp3) is 0.625. The average molecular weight is 280 g/mol. The summed E-state index contributed by atoms with van der Waals surface area (Å²) in [4.78, 5) is -0.0813. The summed E-state index contributed by atoms with van der Waals surface area (Å²) in [7, 11) is -3.71. The summed E-state index contributed by atoms with van der Waals surface area (Å²) < 4.78 is 26.3. The predicted molar refractivity (Wildman–Crippen MR) is 67.2 cm³/mol. The molecule has 17 heavy (non-hydrogen) atoms. The quantitative estimate of drug-likeness (QED) is 0.551. The van der Waals surface area contributed by atoms with Crippen LogP contribution in [0, 0.1) is 0 Å². The first kappa shape index (κ1) is 14.3. The highest BCUT2D eigenvalue weighted by Crippen LogP contribution is 2.17. The molecule has 0 aromatic carbocycles. The molecule has 1 heterocycles. The van der Waals surface area contributed by atoms with E-state index in [1.807, 2.05) is 0 Å². The van der Waals surface area contributed by atoms with Gasteiger partial charge in [-0.05, 0) is 13.2 Å². The molecule has 7 nitrogen and oxygen atoms in total. The molecule has 2 atom stereocenters. The van der Waals surface area contributed by atoms with Crippen LogP contribution < -0.4 is 10.5 Å². The third kappa shape index (κ3) is 3.35. The highest BCUT2D eigenvalue weighted by atomic mass is 32.2. The van der Waals surface area contributed by atoms with Crippen LogP contribution in [-0.4, -0.2) is 47.9 Å². The number of nitrogens with two attached hydrogens (primary N) is 1. The number of aliphatic hydroxyl groups excluding tert-OH is 1. The smallest absolute Gasteiger partial charge is 0.246 e. The Kier molecular flexibility index (Phi) is 4.80. The first-order valence-corrected chi connectivity index (χ1v) is 7.64. The zero-order valence-corrected chi connectivity index (χ0v) is 11.2. The molecule has 1 aromatic heterocycles. The average Bonchev–Trinajstić information content (AvgIpc) is 2.66. The third-order valence-corrected chi connectivity index (χ3v) is 5.05. The Morgan fingerprint density at radius 1 is 1.71 bits per heavy atom. The van der Waals surface area contributed by atoms with Gasteiger partial charge in [0.2, 0.25) is 10.0 Å². The van der Waals surface area contributed by atoms with Crippen molar-refractivity contribution in [2.75, 3.05) is 18.6 Å². The number of rotatable bonds is 6. The molecule has 5 N–H and O–H groups in total. The number of anilines is 1. The van der Waals surface area contributed by atoms with E-state index in [1.165, 1.54) is 11.8 Å². The van der Waals surface area contributed by atoms with Crippen LogP contribution in [0.5, 0.6) is 0 Å². The van der Waals surface area contributed by atoms with Crippen molar-refractivity contribution in [1.29, 1.82) is 0 Å². The van der Waals surface area contributed by atoms with Crippen LogP contribution in [0.4, 0.5) is 5.82 Å². The second-order valence-electron chi connectivity index (χ2n) is 3.51. The van der Waals surface area contributed by atoms with Crippen LogP contribution in [0.15, 0.2) is 11.1 Å². The molecule has 0 aliphatic rings. The van der Waals surface area contributed by atoms with Gasteiger partial charge in [0.15, 0.2) is 0 Å². The number of H-pyrrole nitrogens is 1. The Labute approximate surface area is 104 Å². The highest BCUT2D eigenvalue weighted by Gasteiger charge is 2.25. The molecule has 2 unspecified atom stereocenters. The summed E-state index contributed by atoms with van der Waals surface area (Å²) >= 11 is 1.39. The minimum absolute atomic E-state index is 0.00519. The number of hydrogen-bond acceptors (Lipinski definition) is 6. The van der Waals surface area contributed by atoms with Crippen LogP contribution in [0.3, 0.4) is 0 Å². The molecule has 0 aliphatic heterocycles. The van der Waals surface area contributed by atoms with Gasteiger partial charge in [-0.2, -0.15) is 16.9 Å². The van der Waals surface area contributed by atoms with Crippen LogP contribution >= 0.6 is 11.8 Å². The molecular formula is C8H16N4O3S2. The number of nitrogens with one attached hydrogen (secondary N) is 2. The van der Waals surface area contributed by atoms with Gasteiger partial charge in [0.05, 0.1) is 12.8 Å². The zero-order chi connectivity index (χ0) is 13.1. The summed E-state index contributed by atoms with van der Waals surface area (Å²) in [6.07, 6.45) is 2.95.